The summed E-state index contributed by atoms with van der Waals surface area (Å²) in [6, 6.07) is 11.8. The minimum absolute atomic E-state index is 0.156. The molecule has 0 fully saturated rings. The van der Waals surface area contributed by atoms with Crippen molar-refractivity contribution in [3.05, 3.63) is 63.9 Å². The Balaban J connectivity index is 1.69. The van der Waals surface area contributed by atoms with Crippen LogP contribution in [0.5, 0.6) is 0 Å². The molecule has 0 atom stereocenters. The van der Waals surface area contributed by atoms with E-state index in [0.29, 0.717) is 6.42 Å². The molecule has 0 aliphatic heterocycles. The number of aryl methyl sites for hydroxylation is 2. The van der Waals surface area contributed by atoms with Crippen LogP contribution in [0.3, 0.4) is 0 Å². The molecule has 2 aromatic rings. The molecule has 2 N–H and O–H groups in total. The van der Waals surface area contributed by atoms with Crippen molar-refractivity contribution >= 4 is 33.4 Å². The lowest BCUT2D eigenvalue weighted by Crippen LogP contribution is -2.27. The van der Waals surface area contributed by atoms with Gasteiger partial charge < -0.3 is 10.6 Å². The van der Waals surface area contributed by atoms with Gasteiger partial charge in [-0.1, -0.05) is 28.1 Å². The zero-order valence-corrected chi connectivity index (χ0v) is 15.5. The van der Waals surface area contributed by atoms with E-state index in [9.17, 15) is 14.0 Å². The number of nitrogens with one attached hydrogen (secondary N) is 2. The van der Waals surface area contributed by atoms with Crippen LogP contribution in [0.25, 0.3) is 0 Å². The fourth-order valence-corrected chi connectivity index (χ4v) is 2.81. The first-order valence-corrected chi connectivity index (χ1v) is 8.80. The van der Waals surface area contributed by atoms with Gasteiger partial charge in [0.1, 0.15) is 5.82 Å². The van der Waals surface area contributed by atoms with Crippen molar-refractivity contribution in [3.8, 4) is 0 Å². The van der Waals surface area contributed by atoms with Gasteiger partial charge in [0.05, 0.1) is 0 Å². The van der Waals surface area contributed by atoms with Crippen LogP contribution in [0.4, 0.5) is 10.1 Å². The average molecular weight is 407 g/mol. The van der Waals surface area contributed by atoms with Crippen LogP contribution < -0.4 is 10.6 Å². The fraction of sp³-hybridized carbons (Fsp3) is 0.263. The van der Waals surface area contributed by atoms with Crippen LogP contribution in [0.15, 0.2) is 46.9 Å². The first kappa shape index (κ1) is 19.1. The third-order valence-electron chi connectivity index (χ3n) is 3.67. The zero-order chi connectivity index (χ0) is 18.2. The van der Waals surface area contributed by atoms with Crippen molar-refractivity contribution in [3.63, 3.8) is 0 Å². The first-order chi connectivity index (χ1) is 11.9. The van der Waals surface area contributed by atoms with Crippen molar-refractivity contribution in [2.45, 2.75) is 26.2 Å². The zero-order valence-electron chi connectivity index (χ0n) is 13.9. The first-order valence-electron chi connectivity index (χ1n) is 8.01. The average Bonchev–Trinajstić information content (AvgIpc) is 2.56. The lowest BCUT2D eigenvalue weighted by molar-refractivity contribution is -0.121. The fourth-order valence-electron chi connectivity index (χ4n) is 2.33. The molecule has 6 heteroatoms. The number of hydrogen-bond acceptors (Lipinski definition) is 2. The highest BCUT2D eigenvalue weighted by Gasteiger charge is 2.07. The van der Waals surface area contributed by atoms with Gasteiger partial charge in [-0.05, 0) is 54.8 Å². The Labute approximate surface area is 154 Å². The number of halogens is 2. The number of rotatable bonds is 7. The normalized spacial score (nSPS) is 10.4. The third kappa shape index (κ3) is 6.66. The number of benzene rings is 2. The molecule has 0 saturated carbocycles. The molecule has 0 spiro atoms. The maximum Gasteiger partial charge on any atom is 0.226 e. The summed E-state index contributed by atoms with van der Waals surface area (Å²) in [5.74, 6) is -0.620. The molecular weight excluding hydrogens is 387 g/mol. The van der Waals surface area contributed by atoms with Crippen molar-refractivity contribution in [2.24, 2.45) is 0 Å². The summed E-state index contributed by atoms with van der Waals surface area (Å²) in [7, 11) is 0. The van der Waals surface area contributed by atoms with Crippen LogP contribution in [0, 0.1) is 12.7 Å². The number of anilines is 1. The minimum Gasteiger partial charge on any atom is -0.356 e. The molecule has 0 unspecified atom stereocenters. The molecule has 25 heavy (non-hydrogen) atoms. The molecule has 0 bridgehead atoms. The number of hydrogen-bond donors (Lipinski definition) is 2. The lowest BCUT2D eigenvalue weighted by atomic mass is 10.1. The quantitative estimate of drug-likeness (QED) is 0.730. The molecule has 0 heterocycles. The SMILES string of the molecule is Cc1cc(Br)ccc1NC(=O)CCNC(=O)CCc1cccc(F)c1. The molecule has 0 saturated heterocycles. The topological polar surface area (TPSA) is 58.2 Å². The second-order valence-corrected chi connectivity index (χ2v) is 6.65. The molecule has 132 valence electrons. The maximum absolute atomic E-state index is 13.1. The Hall–Kier alpha value is -2.21. The van der Waals surface area contributed by atoms with E-state index in [-0.39, 0.29) is 37.0 Å². The number of amides is 2. The van der Waals surface area contributed by atoms with Gasteiger partial charge in [0.15, 0.2) is 0 Å². The predicted molar refractivity (Wildman–Crippen MR) is 99.9 cm³/mol. The van der Waals surface area contributed by atoms with E-state index in [1.165, 1.54) is 12.1 Å². The minimum atomic E-state index is -0.308. The second-order valence-electron chi connectivity index (χ2n) is 5.74. The van der Waals surface area contributed by atoms with Gasteiger partial charge in [-0.3, -0.25) is 9.59 Å². The summed E-state index contributed by atoms with van der Waals surface area (Å²) in [6.07, 6.45) is 0.923. The summed E-state index contributed by atoms with van der Waals surface area (Å²) in [5, 5.41) is 5.53. The van der Waals surface area contributed by atoms with Crippen molar-refractivity contribution in [2.75, 3.05) is 11.9 Å². The molecular formula is C19H20BrFN2O2. The lowest BCUT2D eigenvalue weighted by Gasteiger charge is -2.09. The largest absolute Gasteiger partial charge is 0.356 e. The highest BCUT2D eigenvalue weighted by Crippen LogP contribution is 2.20. The molecule has 0 aromatic heterocycles. The molecule has 2 rings (SSSR count). The van der Waals surface area contributed by atoms with Crippen LogP contribution in [-0.4, -0.2) is 18.4 Å². The van der Waals surface area contributed by atoms with E-state index in [4.69, 9.17) is 0 Å². The standard InChI is InChI=1S/C19H20BrFN2O2/c1-13-11-15(20)6-7-17(13)23-19(25)9-10-22-18(24)8-5-14-3-2-4-16(21)12-14/h2-4,6-7,11-12H,5,8-10H2,1H3,(H,22,24)(H,23,25). The van der Waals surface area contributed by atoms with Crippen LogP contribution in [-0.2, 0) is 16.0 Å². The molecule has 4 nitrogen and oxygen atoms in total. The smallest absolute Gasteiger partial charge is 0.226 e. The van der Waals surface area contributed by atoms with Gasteiger partial charge in [-0.2, -0.15) is 0 Å². The summed E-state index contributed by atoms with van der Waals surface area (Å²) >= 11 is 3.37. The van der Waals surface area contributed by atoms with Gasteiger partial charge in [0, 0.05) is 29.5 Å². The van der Waals surface area contributed by atoms with E-state index in [2.05, 4.69) is 26.6 Å². The van der Waals surface area contributed by atoms with Crippen LogP contribution >= 0.6 is 15.9 Å². The van der Waals surface area contributed by atoms with E-state index in [1.807, 2.05) is 25.1 Å². The highest BCUT2D eigenvalue weighted by molar-refractivity contribution is 9.10. The summed E-state index contributed by atoms with van der Waals surface area (Å²) in [5.41, 5.74) is 2.49. The van der Waals surface area contributed by atoms with Crippen LogP contribution in [0.2, 0.25) is 0 Å². The number of carbonyl (C=O) groups is 2. The Morgan fingerprint density at radius 3 is 2.60 bits per heavy atom. The molecule has 2 aromatic carbocycles. The summed E-state index contributed by atoms with van der Waals surface area (Å²) < 4.78 is 14.0. The Bertz CT molecular complexity index is 765. The van der Waals surface area contributed by atoms with Gasteiger partial charge in [0.2, 0.25) is 11.8 Å². The van der Waals surface area contributed by atoms with Crippen molar-refractivity contribution in [1.82, 2.24) is 5.32 Å². The maximum atomic E-state index is 13.1. The van der Waals surface area contributed by atoms with E-state index >= 15 is 0 Å². The Morgan fingerprint density at radius 1 is 1.08 bits per heavy atom. The summed E-state index contributed by atoms with van der Waals surface area (Å²) in [4.78, 5) is 23.7. The van der Waals surface area contributed by atoms with Crippen molar-refractivity contribution < 1.29 is 14.0 Å². The van der Waals surface area contributed by atoms with Gasteiger partial charge in [-0.25, -0.2) is 4.39 Å². The van der Waals surface area contributed by atoms with E-state index in [0.717, 1.165) is 21.3 Å². The number of carbonyl (C=O) groups excluding carboxylic acids is 2. The molecule has 2 amide bonds. The van der Waals surface area contributed by atoms with Crippen molar-refractivity contribution in [1.29, 1.82) is 0 Å². The molecule has 0 radical (unpaired) electrons. The molecule has 0 aliphatic rings. The second kappa shape index (κ2) is 9.32. The van der Waals surface area contributed by atoms with Gasteiger partial charge in [-0.15, -0.1) is 0 Å². The molecule has 0 aliphatic carbocycles. The van der Waals surface area contributed by atoms with Gasteiger partial charge in [0.25, 0.3) is 0 Å². The van der Waals surface area contributed by atoms with E-state index < -0.39 is 0 Å². The Kier molecular flexibility index (Phi) is 7.13. The summed E-state index contributed by atoms with van der Waals surface area (Å²) in [6.45, 7) is 2.18. The Morgan fingerprint density at radius 2 is 1.88 bits per heavy atom. The van der Waals surface area contributed by atoms with Gasteiger partial charge >= 0.3 is 0 Å². The van der Waals surface area contributed by atoms with Crippen LogP contribution in [0.1, 0.15) is 24.0 Å². The monoisotopic (exact) mass is 406 g/mol. The van der Waals surface area contributed by atoms with E-state index in [1.54, 1.807) is 12.1 Å². The predicted octanol–water partition coefficient (Wildman–Crippen LogP) is 3.97. The highest BCUT2D eigenvalue weighted by atomic mass is 79.9. The third-order valence-corrected chi connectivity index (χ3v) is 4.16.